The second-order valence-electron chi connectivity index (χ2n) is 6.62. The highest BCUT2D eigenvalue weighted by molar-refractivity contribution is 7.20. The van der Waals surface area contributed by atoms with Gasteiger partial charge in [-0.05, 0) is 19.1 Å². The summed E-state index contributed by atoms with van der Waals surface area (Å²) in [4.78, 5) is 5.43. The zero-order valence-electron chi connectivity index (χ0n) is 13.1. The topological polar surface area (TPSA) is 75.6 Å². The van der Waals surface area contributed by atoms with E-state index in [-0.39, 0.29) is 5.41 Å². The molecule has 0 aliphatic carbocycles. The van der Waals surface area contributed by atoms with Gasteiger partial charge in [0.25, 0.3) is 0 Å². The number of rotatable bonds is 4. The lowest BCUT2D eigenvalue weighted by Crippen LogP contribution is -2.30. The molecule has 0 fully saturated rings. The molecule has 2 N–H and O–H groups in total. The molecule has 1 atom stereocenters. The largest absolute Gasteiger partial charge is 0.466 e. The fourth-order valence-corrected chi connectivity index (χ4v) is 2.83. The van der Waals surface area contributed by atoms with Gasteiger partial charge in [-0.2, -0.15) is 0 Å². The molecular weight excluding hydrogens is 300 g/mol. The Kier molecular flexibility index (Phi) is 3.49. The number of anilines is 1. The highest BCUT2D eigenvalue weighted by atomic mass is 32.1. The normalized spacial score (nSPS) is 15.1. The van der Waals surface area contributed by atoms with Crippen LogP contribution in [0.5, 0.6) is 0 Å². The average Bonchev–Trinajstić information content (AvgIpc) is 3.10. The molecule has 7 heteroatoms. The molecule has 0 amide bonds. The summed E-state index contributed by atoms with van der Waals surface area (Å²) in [5.41, 5.74) is -0.0713. The van der Waals surface area contributed by atoms with Crippen molar-refractivity contribution in [1.29, 1.82) is 0 Å². The Morgan fingerprint density at radius 2 is 2.14 bits per heavy atom. The Labute approximate surface area is 132 Å². The number of nitrogens with one attached hydrogen (secondary N) is 1. The Morgan fingerprint density at radius 1 is 1.36 bits per heavy atom. The first-order valence-corrected chi connectivity index (χ1v) is 7.94. The number of aromatic nitrogens is 3. The fourth-order valence-electron chi connectivity index (χ4n) is 2.05. The number of aliphatic hydroxyl groups is 1. The van der Waals surface area contributed by atoms with Crippen LogP contribution in [0.2, 0.25) is 0 Å². The van der Waals surface area contributed by atoms with E-state index < -0.39 is 5.60 Å². The maximum Gasteiger partial charge on any atom is 0.214 e. The highest BCUT2D eigenvalue weighted by Crippen LogP contribution is 2.27. The molecular formula is C15H20N4O2S. The van der Waals surface area contributed by atoms with Crippen LogP contribution in [-0.4, -0.2) is 26.2 Å². The molecule has 1 unspecified atom stereocenters. The first-order chi connectivity index (χ1) is 10.3. The van der Waals surface area contributed by atoms with Gasteiger partial charge < -0.3 is 14.8 Å². The van der Waals surface area contributed by atoms with Gasteiger partial charge in [0.1, 0.15) is 11.4 Å². The van der Waals surface area contributed by atoms with Crippen LogP contribution in [-0.2, 0) is 11.0 Å². The minimum atomic E-state index is -1.09. The van der Waals surface area contributed by atoms with E-state index >= 15 is 0 Å². The van der Waals surface area contributed by atoms with Gasteiger partial charge in [0, 0.05) is 5.41 Å². The maximum atomic E-state index is 10.4. The smallest absolute Gasteiger partial charge is 0.214 e. The molecule has 0 saturated carbocycles. The van der Waals surface area contributed by atoms with Gasteiger partial charge >= 0.3 is 0 Å². The number of fused-ring (bicyclic) bond motifs is 1. The lowest BCUT2D eigenvalue weighted by Gasteiger charge is -2.20. The van der Waals surface area contributed by atoms with Gasteiger partial charge in [0.05, 0.1) is 24.7 Å². The summed E-state index contributed by atoms with van der Waals surface area (Å²) >= 11 is 1.46. The molecule has 3 heterocycles. The minimum Gasteiger partial charge on any atom is -0.466 e. The molecule has 118 valence electrons. The molecule has 22 heavy (non-hydrogen) atoms. The van der Waals surface area contributed by atoms with Crippen LogP contribution in [0.25, 0.3) is 4.96 Å². The second kappa shape index (κ2) is 5.10. The number of hydrogen-bond donors (Lipinski definition) is 2. The number of furan rings is 1. The number of nitrogens with zero attached hydrogens (tertiary/aromatic N) is 3. The van der Waals surface area contributed by atoms with E-state index in [4.69, 9.17) is 4.42 Å². The maximum absolute atomic E-state index is 10.4. The lowest BCUT2D eigenvalue weighted by atomic mass is 9.93. The summed E-state index contributed by atoms with van der Waals surface area (Å²) in [6.07, 6.45) is 3.50. The monoisotopic (exact) mass is 320 g/mol. The van der Waals surface area contributed by atoms with E-state index in [0.29, 0.717) is 12.3 Å². The second-order valence-corrected chi connectivity index (χ2v) is 7.57. The van der Waals surface area contributed by atoms with Crippen LogP contribution in [0.4, 0.5) is 5.13 Å². The molecule has 3 aromatic heterocycles. The van der Waals surface area contributed by atoms with Gasteiger partial charge in [0.15, 0.2) is 0 Å². The van der Waals surface area contributed by atoms with Crippen LogP contribution < -0.4 is 5.32 Å². The summed E-state index contributed by atoms with van der Waals surface area (Å²) in [7, 11) is 0. The van der Waals surface area contributed by atoms with Crippen molar-refractivity contribution in [2.45, 2.75) is 38.7 Å². The van der Waals surface area contributed by atoms with Crippen molar-refractivity contribution in [3.8, 4) is 0 Å². The molecule has 0 aromatic carbocycles. The van der Waals surface area contributed by atoms with Gasteiger partial charge in [-0.15, -0.1) is 5.10 Å². The third kappa shape index (κ3) is 2.86. The summed E-state index contributed by atoms with van der Waals surface area (Å²) in [5, 5.41) is 18.7. The SMILES string of the molecule is CC(C)(C)c1cn2nc(NCC(C)(O)c3ccco3)sc2n1. The van der Waals surface area contributed by atoms with Crippen LogP contribution >= 0.6 is 11.3 Å². The van der Waals surface area contributed by atoms with Crippen molar-refractivity contribution >= 4 is 21.4 Å². The van der Waals surface area contributed by atoms with Crippen LogP contribution in [0.3, 0.4) is 0 Å². The molecule has 0 spiro atoms. The van der Waals surface area contributed by atoms with E-state index in [1.165, 1.54) is 11.3 Å². The molecule has 0 saturated heterocycles. The van der Waals surface area contributed by atoms with Crippen LogP contribution in [0.15, 0.2) is 29.0 Å². The molecule has 0 aliphatic rings. The molecule has 0 bridgehead atoms. The Bertz CT molecular complexity index is 734. The van der Waals surface area contributed by atoms with E-state index in [9.17, 15) is 5.11 Å². The minimum absolute atomic E-state index is 0.00394. The first kappa shape index (κ1) is 15.1. The van der Waals surface area contributed by atoms with Gasteiger partial charge in [-0.3, -0.25) is 0 Å². The third-order valence-electron chi connectivity index (χ3n) is 3.45. The standard InChI is InChI=1S/C15H20N4O2S/c1-14(2,3)10-8-19-13(17-10)22-12(18-19)16-9-15(4,20)11-6-5-7-21-11/h5-8,20H,9H2,1-4H3,(H,16,18). The molecule has 3 aromatic rings. The summed E-state index contributed by atoms with van der Waals surface area (Å²) < 4.78 is 7.03. The summed E-state index contributed by atoms with van der Waals surface area (Å²) in [6.45, 7) is 8.38. The van der Waals surface area contributed by atoms with Crippen molar-refractivity contribution < 1.29 is 9.52 Å². The van der Waals surface area contributed by atoms with Gasteiger partial charge in [-0.25, -0.2) is 9.50 Å². The quantitative estimate of drug-likeness (QED) is 0.773. The summed E-state index contributed by atoms with van der Waals surface area (Å²) in [5.74, 6) is 0.524. The van der Waals surface area contributed by atoms with E-state index in [1.807, 2.05) is 6.20 Å². The number of imidazole rings is 1. The van der Waals surface area contributed by atoms with Crippen molar-refractivity contribution in [3.63, 3.8) is 0 Å². The van der Waals surface area contributed by atoms with Crippen LogP contribution in [0, 0.1) is 0 Å². The molecule has 3 rings (SSSR count). The van der Waals surface area contributed by atoms with Crippen molar-refractivity contribution in [2.75, 3.05) is 11.9 Å². The third-order valence-corrected chi connectivity index (χ3v) is 4.33. The van der Waals surface area contributed by atoms with Crippen molar-refractivity contribution in [2.24, 2.45) is 0 Å². The number of hydrogen-bond acceptors (Lipinski definition) is 6. The van der Waals surface area contributed by atoms with E-state index in [1.54, 1.807) is 29.8 Å². The van der Waals surface area contributed by atoms with Gasteiger partial charge in [0.2, 0.25) is 10.1 Å². The highest BCUT2D eigenvalue weighted by Gasteiger charge is 2.26. The average molecular weight is 320 g/mol. The van der Waals surface area contributed by atoms with E-state index in [0.717, 1.165) is 15.8 Å². The Morgan fingerprint density at radius 3 is 2.73 bits per heavy atom. The van der Waals surface area contributed by atoms with Crippen molar-refractivity contribution in [3.05, 3.63) is 36.0 Å². The first-order valence-electron chi connectivity index (χ1n) is 7.13. The molecule has 0 radical (unpaired) electrons. The predicted octanol–water partition coefficient (Wildman–Crippen LogP) is 3.00. The van der Waals surface area contributed by atoms with Gasteiger partial charge in [-0.1, -0.05) is 32.1 Å². The fraction of sp³-hybridized carbons (Fsp3) is 0.467. The zero-order valence-corrected chi connectivity index (χ0v) is 13.9. The predicted molar refractivity (Wildman–Crippen MR) is 86.3 cm³/mol. The van der Waals surface area contributed by atoms with Crippen molar-refractivity contribution in [1.82, 2.24) is 14.6 Å². The lowest BCUT2D eigenvalue weighted by molar-refractivity contribution is 0.0476. The summed E-state index contributed by atoms with van der Waals surface area (Å²) in [6, 6.07) is 3.52. The van der Waals surface area contributed by atoms with E-state index in [2.05, 4.69) is 36.2 Å². The zero-order chi connectivity index (χ0) is 16.0. The molecule has 0 aliphatic heterocycles. The Hall–Kier alpha value is -1.86. The van der Waals surface area contributed by atoms with Crippen LogP contribution in [0.1, 0.15) is 39.1 Å². The molecule has 6 nitrogen and oxygen atoms in total. The Balaban J connectivity index is 1.74.